The van der Waals surface area contributed by atoms with Gasteiger partial charge >= 0.3 is 0 Å². The van der Waals surface area contributed by atoms with E-state index in [9.17, 15) is 4.79 Å². The summed E-state index contributed by atoms with van der Waals surface area (Å²) in [5, 5.41) is 0. The van der Waals surface area contributed by atoms with E-state index in [4.69, 9.17) is 0 Å². The first-order valence-corrected chi connectivity index (χ1v) is 6.28. The van der Waals surface area contributed by atoms with E-state index in [1.807, 2.05) is 47.0 Å². The number of hydrogen-bond donors (Lipinski definition) is 0. The molecule has 0 aliphatic carbocycles. The van der Waals surface area contributed by atoms with Crippen LogP contribution in [0.4, 0.5) is 0 Å². The van der Waals surface area contributed by atoms with Crippen molar-refractivity contribution in [1.29, 1.82) is 0 Å². The molecule has 3 heteroatoms. The Hall–Kier alpha value is -2.42. The van der Waals surface area contributed by atoms with E-state index in [2.05, 4.69) is 24.0 Å². The first kappa shape index (κ1) is 11.7. The molecule has 94 valence electrons. The standard InChI is InChI=1S/C16H14N2O/c1-12(13-7-3-2-4-8-13)18-15-10-6-5-9-14(15)17-16(18)11-19/h2-12H,1H3/t12-/m0/s1. The summed E-state index contributed by atoms with van der Waals surface area (Å²) in [6, 6.07) is 18.0. The summed E-state index contributed by atoms with van der Waals surface area (Å²) in [6.45, 7) is 2.08. The number of para-hydroxylation sites is 2. The molecule has 0 radical (unpaired) electrons. The number of nitrogens with zero attached hydrogens (tertiary/aromatic N) is 2. The number of carbonyl (C=O) groups excluding carboxylic acids is 1. The molecule has 1 atom stereocenters. The fourth-order valence-electron chi connectivity index (χ4n) is 2.43. The largest absolute Gasteiger partial charge is 0.314 e. The Balaban J connectivity index is 2.21. The summed E-state index contributed by atoms with van der Waals surface area (Å²) >= 11 is 0. The molecular weight excluding hydrogens is 236 g/mol. The molecule has 1 heterocycles. The minimum absolute atomic E-state index is 0.0776. The lowest BCUT2D eigenvalue weighted by atomic mass is 10.1. The van der Waals surface area contributed by atoms with E-state index in [1.165, 1.54) is 0 Å². The van der Waals surface area contributed by atoms with E-state index in [0.717, 1.165) is 22.9 Å². The van der Waals surface area contributed by atoms with Crippen LogP contribution in [0, 0.1) is 0 Å². The lowest BCUT2D eigenvalue weighted by Crippen LogP contribution is -2.10. The van der Waals surface area contributed by atoms with Crippen LogP contribution in [0.3, 0.4) is 0 Å². The van der Waals surface area contributed by atoms with Crippen LogP contribution in [-0.2, 0) is 0 Å². The minimum Gasteiger partial charge on any atom is -0.314 e. The Labute approximate surface area is 111 Å². The highest BCUT2D eigenvalue weighted by molar-refractivity contribution is 5.83. The van der Waals surface area contributed by atoms with Crippen LogP contribution < -0.4 is 0 Å². The van der Waals surface area contributed by atoms with Crippen molar-refractivity contribution in [3.63, 3.8) is 0 Å². The lowest BCUT2D eigenvalue weighted by molar-refractivity contribution is 0.111. The van der Waals surface area contributed by atoms with Gasteiger partial charge in [0.2, 0.25) is 0 Å². The van der Waals surface area contributed by atoms with Crippen LogP contribution >= 0.6 is 0 Å². The van der Waals surface area contributed by atoms with Crippen molar-refractivity contribution in [2.45, 2.75) is 13.0 Å². The van der Waals surface area contributed by atoms with Gasteiger partial charge < -0.3 is 4.57 Å². The molecule has 3 nitrogen and oxygen atoms in total. The summed E-state index contributed by atoms with van der Waals surface area (Å²) in [7, 11) is 0. The minimum atomic E-state index is 0.0776. The molecule has 19 heavy (non-hydrogen) atoms. The predicted molar refractivity (Wildman–Crippen MR) is 75.4 cm³/mol. The van der Waals surface area contributed by atoms with Gasteiger partial charge in [0, 0.05) is 0 Å². The summed E-state index contributed by atoms with van der Waals surface area (Å²) in [4.78, 5) is 15.6. The van der Waals surface area contributed by atoms with Gasteiger partial charge in [0.05, 0.1) is 17.1 Å². The van der Waals surface area contributed by atoms with Crippen LogP contribution in [0.1, 0.15) is 29.1 Å². The average Bonchev–Trinajstić information content (AvgIpc) is 2.86. The number of imidazole rings is 1. The molecule has 0 amide bonds. The molecule has 3 rings (SSSR count). The lowest BCUT2D eigenvalue weighted by Gasteiger charge is -2.16. The Morgan fingerprint density at radius 3 is 2.47 bits per heavy atom. The third kappa shape index (κ3) is 1.93. The molecule has 0 aliphatic heterocycles. The normalized spacial score (nSPS) is 12.5. The van der Waals surface area contributed by atoms with Gasteiger partial charge in [-0.3, -0.25) is 4.79 Å². The van der Waals surface area contributed by atoms with Gasteiger partial charge in [-0.15, -0.1) is 0 Å². The highest BCUT2D eigenvalue weighted by atomic mass is 16.1. The van der Waals surface area contributed by atoms with Gasteiger partial charge in [-0.25, -0.2) is 4.98 Å². The summed E-state index contributed by atoms with van der Waals surface area (Å²) in [5.41, 5.74) is 3.00. The van der Waals surface area contributed by atoms with Crippen LogP contribution in [0.15, 0.2) is 54.6 Å². The predicted octanol–water partition coefficient (Wildman–Crippen LogP) is 3.46. The van der Waals surface area contributed by atoms with E-state index in [0.29, 0.717) is 5.82 Å². The number of hydrogen-bond acceptors (Lipinski definition) is 2. The van der Waals surface area contributed by atoms with Gasteiger partial charge in [0.25, 0.3) is 0 Å². The Morgan fingerprint density at radius 1 is 1.05 bits per heavy atom. The van der Waals surface area contributed by atoms with Crippen LogP contribution in [0.25, 0.3) is 11.0 Å². The SMILES string of the molecule is C[C@@H](c1ccccc1)n1c(C=O)nc2ccccc21. The van der Waals surface area contributed by atoms with Crippen molar-refractivity contribution in [1.82, 2.24) is 9.55 Å². The number of benzene rings is 2. The second kappa shape index (κ2) is 4.69. The van der Waals surface area contributed by atoms with Crippen molar-refractivity contribution in [3.05, 3.63) is 66.0 Å². The van der Waals surface area contributed by atoms with Crippen LogP contribution in [-0.4, -0.2) is 15.8 Å². The molecule has 0 aliphatic rings. The molecule has 2 aromatic carbocycles. The molecule has 0 saturated heterocycles. The fraction of sp³-hybridized carbons (Fsp3) is 0.125. The van der Waals surface area contributed by atoms with Gasteiger partial charge in [0.15, 0.2) is 12.1 Å². The van der Waals surface area contributed by atoms with E-state index in [-0.39, 0.29) is 6.04 Å². The molecule has 1 aromatic heterocycles. The number of carbonyl (C=O) groups is 1. The van der Waals surface area contributed by atoms with E-state index < -0.39 is 0 Å². The molecule has 0 bridgehead atoms. The number of aromatic nitrogens is 2. The molecule has 0 saturated carbocycles. The maximum Gasteiger partial charge on any atom is 0.185 e. The van der Waals surface area contributed by atoms with Gasteiger partial charge in [0.1, 0.15) is 0 Å². The zero-order valence-electron chi connectivity index (χ0n) is 10.7. The third-order valence-electron chi connectivity index (χ3n) is 3.40. The van der Waals surface area contributed by atoms with Crippen molar-refractivity contribution in [3.8, 4) is 0 Å². The Bertz CT molecular complexity index is 716. The van der Waals surface area contributed by atoms with Crippen molar-refractivity contribution < 1.29 is 4.79 Å². The first-order valence-electron chi connectivity index (χ1n) is 6.28. The number of fused-ring (bicyclic) bond motifs is 1. The summed E-state index contributed by atoms with van der Waals surface area (Å²) in [6.07, 6.45) is 0.819. The fourth-order valence-corrected chi connectivity index (χ4v) is 2.43. The van der Waals surface area contributed by atoms with Crippen LogP contribution in [0.5, 0.6) is 0 Å². The van der Waals surface area contributed by atoms with Gasteiger partial charge in [-0.2, -0.15) is 0 Å². The van der Waals surface area contributed by atoms with Gasteiger partial charge in [-0.1, -0.05) is 42.5 Å². The quantitative estimate of drug-likeness (QED) is 0.667. The van der Waals surface area contributed by atoms with Crippen LogP contribution in [0.2, 0.25) is 0 Å². The summed E-state index contributed by atoms with van der Waals surface area (Å²) in [5.74, 6) is 0.470. The molecule has 0 spiro atoms. The van der Waals surface area contributed by atoms with Gasteiger partial charge in [-0.05, 0) is 24.6 Å². The Kier molecular flexibility index (Phi) is 2.88. The zero-order valence-corrected chi connectivity index (χ0v) is 10.7. The third-order valence-corrected chi connectivity index (χ3v) is 3.40. The number of rotatable bonds is 3. The maximum absolute atomic E-state index is 11.2. The van der Waals surface area contributed by atoms with Crippen molar-refractivity contribution in [2.75, 3.05) is 0 Å². The highest BCUT2D eigenvalue weighted by Gasteiger charge is 2.16. The topological polar surface area (TPSA) is 34.9 Å². The van der Waals surface area contributed by atoms with Crippen molar-refractivity contribution in [2.24, 2.45) is 0 Å². The molecule has 0 fully saturated rings. The monoisotopic (exact) mass is 250 g/mol. The first-order chi connectivity index (χ1) is 9.31. The van der Waals surface area contributed by atoms with E-state index >= 15 is 0 Å². The highest BCUT2D eigenvalue weighted by Crippen LogP contribution is 2.25. The molecule has 0 N–H and O–H groups in total. The summed E-state index contributed by atoms with van der Waals surface area (Å²) < 4.78 is 1.98. The zero-order chi connectivity index (χ0) is 13.2. The number of aldehydes is 1. The molecule has 0 unspecified atom stereocenters. The molecular formula is C16H14N2O. The second-order valence-electron chi connectivity index (χ2n) is 4.53. The molecule has 3 aromatic rings. The van der Waals surface area contributed by atoms with E-state index in [1.54, 1.807) is 0 Å². The maximum atomic E-state index is 11.2. The second-order valence-corrected chi connectivity index (χ2v) is 4.53. The Morgan fingerprint density at radius 2 is 1.74 bits per heavy atom. The smallest absolute Gasteiger partial charge is 0.185 e. The van der Waals surface area contributed by atoms with Crippen molar-refractivity contribution >= 4 is 17.3 Å². The average molecular weight is 250 g/mol.